The molecule has 3 rings (SSSR count). The molecule has 0 radical (unpaired) electrons. The maximum Gasteiger partial charge on any atom is 0.151 e. The van der Waals surface area contributed by atoms with E-state index in [0.29, 0.717) is 5.52 Å². The van der Waals surface area contributed by atoms with Crippen LogP contribution in [0.1, 0.15) is 80.1 Å². The number of hydrogen-bond acceptors (Lipinski definition) is 3. The highest BCUT2D eigenvalue weighted by atomic mass is 19.1. The average Bonchev–Trinajstić information content (AvgIpc) is 3.12. The van der Waals surface area contributed by atoms with Crippen LogP contribution in [-0.2, 0) is 10.3 Å². The van der Waals surface area contributed by atoms with Gasteiger partial charge in [-0.3, -0.25) is 4.90 Å². The Hall–Kier alpha value is -1.46. The number of nitrogens with zero attached hydrogens (tertiary/aromatic N) is 3. The number of halogens is 1. The SMILES string of the molecule is CC.CC(C)n1c(C(C)(C)N2CCOCC2)nc2c(F)cccc21.CCCC. The molecule has 160 valence electrons. The molecule has 1 aliphatic rings. The van der Waals surface area contributed by atoms with Gasteiger partial charge in [0.1, 0.15) is 11.3 Å². The second-order valence-corrected chi connectivity index (χ2v) is 7.67. The molecule has 0 spiro atoms. The quantitative estimate of drug-likeness (QED) is 0.623. The minimum Gasteiger partial charge on any atom is -0.379 e. The molecule has 0 unspecified atom stereocenters. The summed E-state index contributed by atoms with van der Waals surface area (Å²) in [6, 6.07) is 5.40. The Labute approximate surface area is 171 Å². The molecule has 0 saturated carbocycles. The first-order valence-corrected chi connectivity index (χ1v) is 10.8. The number of unbranched alkanes of at least 4 members (excludes halogenated alkanes) is 1. The molecule has 2 heterocycles. The number of rotatable bonds is 4. The van der Waals surface area contributed by atoms with E-state index < -0.39 is 0 Å². The second-order valence-electron chi connectivity index (χ2n) is 7.67. The van der Waals surface area contributed by atoms with E-state index in [1.165, 1.54) is 18.9 Å². The normalized spacial score (nSPS) is 15.1. The number of fused-ring (bicyclic) bond motifs is 1. The highest BCUT2D eigenvalue weighted by molar-refractivity contribution is 5.77. The first-order valence-electron chi connectivity index (χ1n) is 10.8. The van der Waals surface area contributed by atoms with Gasteiger partial charge in [-0.05, 0) is 39.8 Å². The van der Waals surface area contributed by atoms with Crippen LogP contribution in [0.2, 0.25) is 0 Å². The third-order valence-corrected chi connectivity index (χ3v) is 5.04. The van der Waals surface area contributed by atoms with E-state index in [1.807, 2.05) is 19.9 Å². The van der Waals surface area contributed by atoms with Gasteiger partial charge in [0, 0.05) is 19.1 Å². The van der Waals surface area contributed by atoms with Crippen molar-refractivity contribution in [3.8, 4) is 0 Å². The Kier molecular flexibility index (Phi) is 10.1. The second kappa shape index (κ2) is 11.5. The maximum absolute atomic E-state index is 14.2. The van der Waals surface area contributed by atoms with Crippen LogP contribution in [0.15, 0.2) is 18.2 Å². The van der Waals surface area contributed by atoms with Gasteiger partial charge < -0.3 is 9.30 Å². The van der Waals surface area contributed by atoms with Crippen molar-refractivity contribution in [1.82, 2.24) is 14.5 Å². The Morgan fingerprint density at radius 1 is 1.11 bits per heavy atom. The Balaban J connectivity index is 0.000000583. The van der Waals surface area contributed by atoms with E-state index >= 15 is 0 Å². The predicted molar refractivity (Wildman–Crippen MR) is 117 cm³/mol. The molecule has 0 aliphatic carbocycles. The van der Waals surface area contributed by atoms with Crippen LogP contribution < -0.4 is 0 Å². The Bertz CT molecular complexity index is 701. The van der Waals surface area contributed by atoms with Gasteiger partial charge in [0.2, 0.25) is 0 Å². The molecular weight excluding hydrogens is 353 g/mol. The molecular formula is C23H40FN3O. The van der Waals surface area contributed by atoms with Gasteiger partial charge in [-0.2, -0.15) is 0 Å². The van der Waals surface area contributed by atoms with Crippen LogP contribution in [0.25, 0.3) is 11.0 Å². The van der Waals surface area contributed by atoms with Gasteiger partial charge in [-0.15, -0.1) is 0 Å². The molecule has 1 saturated heterocycles. The average molecular weight is 394 g/mol. The summed E-state index contributed by atoms with van der Waals surface area (Å²) in [5.74, 6) is 0.667. The van der Waals surface area contributed by atoms with Crippen molar-refractivity contribution in [2.45, 2.75) is 79.8 Å². The lowest BCUT2D eigenvalue weighted by atomic mass is 10.0. The van der Waals surface area contributed by atoms with Crippen LogP contribution >= 0.6 is 0 Å². The lowest BCUT2D eigenvalue weighted by molar-refractivity contribution is -0.0159. The predicted octanol–water partition coefficient (Wildman–Crippen LogP) is 6.16. The third kappa shape index (κ3) is 5.54. The van der Waals surface area contributed by atoms with Crippen molar-refractivity contribution in [3.05, 3.63) is 29.8 Å². The Morgan fingerprint density at radius 2 is 1.68 bits per heavy atom. The maximum atomic E-state index is 14.2. The molecule has 1 fully saturated rings. The number of ether oxygens (including phenoxy) is 1. The Morgan fingerprint density at radius 3 is 2.18 bits per heavy atom. The van der Waals surface area contributed by atoms with Crippen LogP contribution in [0, 0.1) is 5.82 Å². The standard InChI is InChI=1S/C17H24FN3O.C4H10.C2H6/c1-12(2)21-14-7-5-6-13(18)15(14)19-16(21)17(3,4)20-8-10-22-11-9-20;1-3-4-2;1-2/h5-7,12H,8-11H2,1-4H3;3-4H2,1-2H3;1-2H3. The van der Waals surface area contributed by atoms with Crippen molar-refractivity contribution in [2.24, 2.45) is 0 Å². The first-order chi connectivity index (χ1) is 13.3. The number of imidazole rings is 1. The van der Waals surface area contributed by atoms with E-state index in [1.54, 1.807) is 6.07 Å². The van der Waals surface area contributed by atoms with Crippen molar-refractivity contribution in [2.75, 3.05) is 26.3 Å². The van der Waals surface area contributed by atoms with Gasteiger partial charge in [-0.25, -0.2) is 9.37 Å². The summed E-state index contributed by atoms with van der Waals surface area (Å²) < 4.78 is 21.8. The fourth-order valence-corrected chi connectivity index (χ4v) is 3.30. The van der Waals surface area contributed by atoms with E-state index in [-0.39, 0.29) is 17.4 Å². The zero-order valence-electron chi connectivity index (χ0n) is 19.2. The molecule has 1 aromatic carbocycles. The van der Waals surface area contributed by atoms with Gasteiger partial charge in [0.25, 0.3) is 0 Å². The fraction of sp³-hybridized carbons (Fsp3) is 0.696. The number of hydrogen-bond donors (Lipinski definition) is 0. The molecule has 4 nitrogen and oxygen atoms in total. The van der Waals surface area contributed by atoms with Crippen molar-refractivity contribution >= 4 is 11.0 Å². The lowest BCUT2D eigenvalue weighted by Gasteiger charge is -2.40. The zero-order chi connectivity index (χ0) is 21.3. The van der Waals surface area contributed by atoms with E-state index in [2.05, 4.69) is 56.0 Å². The van der Waals surface area contributed by atoms with Crippen LogP contribution in [0.5, 0.6) is 0 Å². The molecule has 5 heteroatoms. The van der Waals surface area contributed by atoms with Crippen LogP contribution in [0.3, 0.4) is 0 Å². The van der Waals surface area contributed by atoms with E-state index in [4.69, 9.17) is 4.74 Å². The molecule has 1 aliphatic heterocycles. The third-order valence-electron chi connectivity index (χ3n) is 5.04. The summed E-state index contributed by atoms with van der Waals surface area (Å²) in [7, 11) is 0. The summed E-state index contributed by atoms with van der Waals surface area (Å²) >= 11 is 0. The zero-order valence-corrected chi connectivity index (χ0v) is 19.2. The molecule has 0 atom stereocenters. The molecule has 2 aromatic rings. The smallest absolute Gasteiger partial charge is 0.151 e. The highest BCUT2D eigenvalue weighted by Crippen LogP contribution is 2.33. The molecule has 28 heavy (non-hydrogen) atoms. The minimum atomic E-state index is -0.264. The van der Waals surface area contributed by atoms with E-state index in [0.717, 1.165) is 37.6 Å². The van der Waals surface area contributed by atoms with Gasteiger partial charge in [-0.1, -0.05) is 46.6 Å². The van der Waals surface area contributed by atoms with Crippen LogP contribution in [0.4, 0.5) is 4.39 Å². The first kappa shape index (κ1) is 24.6. The van der Waals surface area contributed by atoms with Crippen molar-refractivity contribution < 1.29 is 9.13 Å². The molecule has 0 amide bonds. The summed E-state index contributed by atoms with van der Waals surface area (Å²) in [6.45, 7) is 20.1. The fourth-order valence-electron chi connectivity index (χ4n) is 3.30. The summed E-state index contributed by atoms with van der Waals surface area (Å²) in [5.41, 5.74) is 1.07. The molecule has 0 N–H and O–H groups in total. The minimum absolute atomic E-state index is 0.224. The largest absolute Gasteiger partial charge is 0.379 e. The van der Waals surface area contributed by atoms with Crippen LogP contribution in [-0.4, -0.2) is 40.8 Å². The van der Waals surface area contributed by atoms with Crippen molar-refractivity contribution in [3.63, 3.8) is 0 Å². The van der Waals surface area contributed by atoms with Crippen molar-refractivity contribution in [1.29, 1.82) is 0 Å². The summed E-state index contributed by atoms with van der Waals surface area (Å²) in [4.78, 5) is 7.06. The summed E-state index contributed by atoms with van der Waals surface area (Å²) in [6.07, 6.45) is 2.64. The number of benzene rings is 1. The van der Waals surface area contributed by atoms with Gasteiger partial charge in [0.05, 0.1) is 24.3 Å². The summed E-state index contributed by atoms with van der Waals surface area (Å²) in [5, 5.41) is 0. The highest BCUT2D eigenvalue weighted by Gasteiger charge is 2.35. The molecule has 0 bridgehead atoms. The number of para-hydroxylation sites is 1. The van der Waals surface area contributed by atoms with E-state index in [9.17, 15) is 4.39 Å². The van der Waals surface area contributed by atoms with Gasteiger partial charge >= 0.3 is 0 Å². The topological polar surface area (TPSA) is 30.3 Å². The monoisotopic (exact) mass is 393 g/mol. The van der Waals surface area contributed by atoms with Gasteiger partial charge in [0.15, 0.2) is 5.82 Å². The number of morpholine rings is 1. The molecule has 1 aromatic heterocycles. The lowest BCUT2D eigenvalue weighted by Crippen LogP contribution is -2.49. The number of aromatic nitrogens is 2.